The van der Waals surface area contributed by atoms with Gasteiger partial charge >= 0.3 is 0 Å². The molecule has 4 heteroatoms. The van der Waals surface area contributed by atoms with Crippen LogP contribution in [-0.4, -0.2) is 11.7 Å². The van der Waals surface area contributed by atoms with Crippen LogP contribution in [0.25, 0.3) is 21.8 Å². The molecule has 0 aliphatic heterocycles. The summed E-state index contributed by atoms with van der Waals surface area (Å²) in [5, 5.41) is 2.00. The number of hydrogen-bond donors (Lipinski definition) is 0. The molecule has 2 aromatic carbocycles. The van der Waals surface area contributed by atoms with Crippen molar-refractivity contribution in [1.82, 2.24) is 4.57 Å². The first kappa shape index (κ1) is 12.5. The molecule has 1 heterocycles. The van der Waals surface area contributed by atoms with E-state index < -0.39 is 0 Å². The van der Waals surface area contributed by atoms with E-state index in [2.05, 4.69) is 22.6 Å². The fourth-order valence-electron chi connectivity index (χ4n) is 2.48. The number of halogens is 1. The number of nitrogens with zero attached hydrogens (tertiary/aromatic N) is 1. The first-order chi connectivity index (χ1) is 9.13. The Hall–Kier alpha value is -1.56. The van der Waals surface area contributed by atoms with Crippen LogP contribution in [0.15, 0.2) is 41.2 Å². The van der Waals surface area contributed by atoms with Crippen molar-refractivity contribution < 1.29 is 4.74 Å². The van der Waals surface area contributed by atoms with Crippen LogP contribution >= 0.6 is 22.6 Å². The summed E-state index contributed by atoms with van der Waals surface area (Å²) in [6.07, 6.45) is 0. The van der Waals surface area contributed by atoms with Gasteiger partial charge in [-0.1, -0.05) is 18.2 Å². The second-order valence-corrected chi connectivity index (χ2v) is 5.57. The van der Waals surface area contributed by atoms with Crippen molar-refractivity contribution in [1.29, 1.82) is 0 Å². The molecule has 0 N–H and O–H groups in total. The monoisotopic (exact) mass is 365 g/mol. The van der Waals surface area contributed by atoms with Gasteiger partial charge < -0.3 is 9.30 Å². The number of ether oxygens (including phenoxy) is 1. The Morgan fingerprint density at radius 1 is 1.16 bits per heavy atom. The molecular formula is C15H12INO2. The summed E-state index contributed by atoms with van der Waals surface area (Å²) in [6.45, 7) is 0. The van der Waals surface area contributed by atoms with E-state index in [0.29, 0.717) is 5.52 Å². The fourth-order valence-corrected chi connectivity index (χ4v) is 3.14. The molecule has 0 amide bonds. The smallest absolute Gasteiger partial charge is 0.204 e. The van der Waals surface area contributed by atoms with Gasteiger partial charge in [0.25, 0.3) is 0 Å². The molecule has 0 saturated heterocycles. The summed E-state index contributed by atoms with van der Waals surface area (Å²) in [6, 6.07) is 11.6. The molecule has 3 nitrogen and oxygen atoms in total. The minimum Gasteiger partial charge on any atom is -0.496 e. The number of para-hydroxylation sites is 1. The Bertz CT molecular complexity index is 852. The van der Waals surface area contributed by atoms with Crippen molar-refractivity contribution in [3.05, 3.63) is 50.2 Å². The summed E-state index contributed by atoms with van der Waals surface area (Å²) in [5.41, 5.74) is 1.78. The minimum atomic E-state index is 0.0152. The highest BCUT2D eigenvalue weighted by molar-refractivity contribution is 14.1. The molecule has 0 aliphatic rings. The first-order valence-electron chi connectivity index (χ1n) is 5.88. The number of benzene rings is 1. The van der Waals surface area contributed by atoms with Crippen molar-refractivity contribution in [2.75, 3.05) is 7.11 Å². The number of rotatable bonds is 1. The van der Waals surface area contributed by atoms with Crippen LogP contribution in [0.3, 0.4) is 0 Å². The van der Waals surface area contributed by atoms with E-state index in [9.17, 15) is 4.79 Å². The van der Waals surface area contributed by atoms with E-state index in [1.54, 1.807) is 13.2 Å². The Balaban J connectivity index is 2.67. The van der Waals surface area contributed by atoms with E-state index in [1.165, 1.54) is 0 Å². The zero-order chi connectivity index (χ0) is 13.6. The number of aryl methyl sites for hydroxylation is 1. The molecule has 0 aliphatic carbocycles. The molecule has 0 unspecified atom stereocenters. The van der Waals surface area contributed by atoms with Crippen LogP contribution < -0.4 is 10.2 Å². The molecule has 0 fully saturated rings. The van der Waals surface area contributed by atoms with E-state index >= 15 is 0 Å². The van der Waals surface area contributed by atoms with E-state index in [1.807, 2.05) is 41.9 Å². The van der Waals surface area contributed by atoms with Crippen molar-refractivity contribution in [3.8, 4) is 5.75 Å². The van der Waals surface area contributed by atoms with Crippen LogP contribution in [0.2, 0.25) is 0 Å². The van der Waals surface area contributed by atoms with Crippen molar-refractivity contribution in [3.63, 3.8) is 0 Å². The summed E-state index contributed by atoms with van der Waals surface area (Å²) in [5.74, 6) is 0.726. The first-order valence-corrected chi connectivity index (χ1v) is 6.96. The third kappa shape index (κ3) is 1.82. The molecule has 0 saturated carbocycles. The Kier molecular flexibility index (Phi) is 2.97. The van der Waals surface area contributed by atoms with Gasteiger partial charge in [-0.25, -0.2) is 0 Å². The number of hydrogen-bond acceptors (Lipinski definition) is 2. The van der Waals surface area contributed by atoms with E-state index in [0.717, 1.165) is 25.6 Å². The largest absolute Gasteiger partial charge is 0.496 e. The van der Waals surface area contributed by atoms with Gasteiger partial charge in [-0.05, 0) is 34.7 Å². The number of aromatic nitrogens is 1. The van der Waals surface area contributed by atoms with Gasteiger partial charge in [0.2, 0.25) is 5.43 Å². The predicted molar refractivity (Wildman–Crippen MR) is 86.0 cm³/mol. The molecule has 0 radical (unpaired) electrons. The Morgan fingerprint density at radius 2 is 1.89 bits per heavy atom. The van der Waals surface area contributed by atoms with E-state index in [4.69, 9.17) is 4.74 Å². The second kappa shape index (κ2) is 4.52. The maximum Gasteiger partial charge on any atom is 0.204 e. The molecule has 3 rings (SSSR count). The molecule has 96 valence electrons. The van der Waals surface area contributed by atoms with Crippen molar-refractivity contribution in [2.24, 2.45) is 7.05 Å². The van der Waals surface area contributed by atoms with Crippen LogP contribution in [0.1, 0.15) is 0 Å². The second-order valence-electron chi connectivity index (χ2n) is 4.41. The molecule has 0 spiro atoms. The van der Waals surface area contributed by atoms with Gasteiger partial charge in [-0.2, -0.15) is 0 Å². The molecule has 3 aromatic rings. The summed E-state index contributed by atoms with van der Waals surface area (Å²) < 4.78 is 8.14. The highest BCUT2D eigenvalue weighted by Gasteiger charge is 2.12. The topological polar surface area (TPSA) is 31.2 Å². The summed E-state index contributed by atoms with van der Waals surface area (Å²) >= 11 is 2.13. The lowest BCUT2D eigenvalue weighted by Gasteiger charge is -1.97. The van der Waals surface area contributed by atoms with Gasteiger partial charge in [0.1, 0.15) is 5.75 Å². The van der Waals surface area contributed by atoms with Gasteiger partial charge in [0.15, 0.2) is 0 Å². The lowest BCUT2D eigenvalue weighted by Crippen LogP contribution is -2.01. The van der Waals surface area contributed by atoms with Crippen LogP contribution in [0.4, 0.5) is 0 Å². The average molecular weight is 365 g/mol. The van der Waals surface area contributed by atoms with Crippen LogP contribution in [0.5, 0.6) is 5.75 Å². The standard InChI is InChI=1S/C15H12INO2/c1-17-12-6-4-3-5-9(12)10-7-14(19-2)11(16)8-13(18)15(10)17/h3-8H,1-2H3. The Morgan fingerprint density at radius 3 is 2.63 bits per heavy atom. The van der Waals surface area contributed by atoms with Gasteiger partial charge in [0.05, 0.1) is 16.2 Å². The maximum atomic E-state index is 12.4. The molecule has 1 aromatic heterocycles. The predicted octanol–water partition coefficient (Wildman–Crippen LogP) is 3.30. The zero-order valence-electron chi connectivity index (χ0n) is 10.6. The highest BCUT2D eigenvalue weighted by Crippen LogP contribution is 2.29. The third-order valence-electron chi connectivity index (χ3n) is 3.37. The minimum absolute atomic E-state index is 0.0152. The van der Waals surface area contributed by atoms with Gasteiger partial charge in [-0.3, -0.25) is 4.79 Å². The fraction of sp³-hybridized carbons (Fsp3) is 0.133. The lowest BCUT2D eigenvalue weighted by molar-refractivity contribution is 0.412. The normalized spacial score (nSPS) is 11.1. The lowest BCUT2D eigenvalue weighted by atomic mass is 10.2. The van der Waals surface area contributed by atoms with Gasteiger partial charge in [0, 0.05) is 29.4 Å². The van der Waals surface area contributed by atoms with Crippen molar-refractivity contribution >= 4 is 44.4 Å². The number of fused-ring (bicyclic) bond motifs is 3. The Labute approximate surface area is 123 Å². The molecule has 19 heavy (non-hydrogen) atoms. The van der Waals surface area contributed by atoms with Crippen molar-refractivity contribution in [2.45, 2.75) is 0 Å². The SMILES string of the molecule is COc1cc2c3ccccc3n(C)c2c(=O)cc1I. The third-order valence-corrected chi connectivity index (χ3v) is 4.21. The molecule has 0 atom stereocenters. The average Bonchev–Trinajstić information content (AvgIpc) is 2.61. The maximum absolute atomic E-state index is 12.4. The molecule has 0 bridgehead atoms. The van der Waals surface area contributed by atoms with E-state index in [-0.39, 0.29) is 5.43 Å². The highest BCUT2D eigenvalue weighted by atomic mass is 127. The van der Waals surface area contributed by atoms with Crippen LogP contribution in [-0.2, 0) is 7.05 Å². The summed E-state index contributed by atoms with van der Waals surface area (Å²) in [7, 11) is 3.55. The quantitative estimate of drug-likeness (QED) is 0.620. The van der Waals surface area contributed by atoms with Crippen LogP contribution in [0, 0.1) is 3.57 Å². The summed E-state index contributed by atoms with van der Waals surface area (Å²) in [4.78, 5) is 12.4. The number of methoxy groups -OCH3 is 1. The molecular weight excluding hydrogens is 353 g/mol. The zero-order valence-corrected chi connectivity index (χ0v) is 12.8. The van der Waals surface area contributed by atoms with Gasteiger partial charge in [-0.15, -0.1) is 0 Å².